The summed E-state index contributed by atoms with van der Waals surface area (Å²) in [4.78, 5) is 2.27. The second-order valence-corrected chi connectivity index (χ2v) is 5.62. The number of benzene rings is 1. The summed E-state index contributed by atoms with van der Waals surface area (Å²) in [6, 6.07) is 6.45. The van der Waals surface area contributed by atoms with Crippen molar-refractivity contribution in [2.45, 2.75) is 31.4 Å². The zero-order chi connectivity index (χ0) is 13.9. The molecule has 0 aliphatic carbocycles. The Hall–Kier alpha value is -0.970. The van der Waals surface area contributed by atoms with Crippen molar-refractivity contribution in [3.8, 4) is 0 Å². The standard InChI is InChI=1S/C15H23FN2O/c1-15(19-2)8-5-9-18(11-15)10-14(17)12-6-3-4-7-13(12)16/h3-4,6-7,14H,5,8-11,17H2,1-2H3. The van der Waals surface area contributed by atoms with Crippen LogP contribution in [0, 0.1) is 5.82 Å². The summed E-state index contributed by atoms with van der Waals surface area (Å²) in [6.45, 7) is 4.64. The molecule has 0 radical (unpaired) electrons. The molecule has 2 atom stereocenters. The van der Waals surface area contributed by atoms with Crippen molar-refractivity contribution in [3.63, 3.8) is 0 Å². The molecular weight excluding hydrogens is 243 g/mol. The summed E-state index contributed by atoms with van der Waals surface area (Å²) >= 11 is 0. The molecule has 2 rings (SSSR count). The van der Waals surface area contributed by atoms with Gasteiger partial charge in [-0.3, -0.25) is 4.90 Å². The summed E-state index contributed by atoms with van der Waals surface area (Å²) < 4.78 is 19.3. The Morgan fingerprint density at radius 3 is 2.89 bits per heavy atom. The van der Waals surface area contributed by atoms with Crippen LogP contribution < -0.4 is 5.73 Å². The third-order valence-corrected chi connectivity index (χ3v) is 3.99. The summed E-state index contributed by atoms with van der Waals surface area (Å²) in [7, 11) is 1.75. The normalized spacial score (nSPS) is 26.3. The van der Waals surface area contributed by atoms with Gasteiger partial charge < -0.3 is 10.5 Å². The zero-order valence-corrected chi connectivity index (χ0v) is 11.7. The Bertz CT molecular complexity index is 426. The molecule has 0 spiro atoms. The fraction of sp³-hybridized carbons (Fsp3) is 0.600. The van der Waals surface area contributed by atoms with E-state index in [-0.39, 0.29) is 17.5 Å². The quantitative estimate of drug-likeness (QED) is 0.909. The Labute approximate surface area is 114 Å². The van der Waals surface area contributed by atoms with Crippen molar-refractivity contribution in [2.24, 2.45) is 5.73 Å². The zero-order valence-electron chi connectivity index (χ0n) is 11.7. The highest BCUT2D eigenvalue weighted by Gasteiger charge is 2.31. The third-order valence-electron chi connectivity index (χ3n) is 3.99. The fourth-order valence-electron chi connectivity index (χ4n) is 2.78. The van der Waals surface area contributed by atoms with Crippen LogP contribution in [0.4, 0.5) is 4.39 Å². The predicted octanol–water partition coefficient (Wildman–Crippen LogP) is 2.33. The van der Waals surface area contributed by atoms with E-state index in [1.54, 1.807) is 19.2 Å². The van der Waals surface area contributed by atoms with Crippen molar-refractivity contribution in [2.75, 3.05) is 26.7 Å². The maximum absolute atomic E-state index is 13.7. The summed E-state index contributed by atoms with van der Waals surface area (Å²) in [5, 5.41) is 0. The Morgan fingerprint density at radius 1 is 1.47 bits per heavy atom. The number of methoxy groups -OCH3 is 1. The molecule has 1 heterocycles. The second kappa shape index (κ2) is 5.99. The molecule has 3 nitrogen and oxygen atoms in total. The van der Waals surface area contributed by atoms with Crippen molar-refractivity contribution in [1.29, 1.82) is 0 Å². The molecule has 0 aromatic heterocycles. The highest BCUT2D eigenvalue weighted by molar-refractivity contribution is 5.21. The molecule has 0 saturated carbocycles. The second-order valence-electron chi connectivity index (χ2n) is 5.62. The molecule has 1 fully saturated rings. The van der Waals surface area contributed by atoms with Crippen LogP contribution in [0.3, 0.4) is 0 Å². The first-order valence-corrected chi connectivity index (χ1v) is 6.81. The topological polar surface area (TPSA) is 38.5 Å². The lowest BCUT2D eigenvalue weighted by atomic mass is 9.94. The number of hydrogen-bond acceptors (Lipinski definition) is 3. The first-order valence-electron chi connectivity index (χ1n) is 6.81. The molecule has 1 saturated heterocycles. The largest absolute Gasteiger partial charge is 0.377 e. The Kier molecular flexibility index (Phi) is 4.55. The van der Waals surface area contributed by atoms with E-state index in [0.29, 0.717) is 12.1 Å². The third kappa shape index (κ3) is 3.53. The first-order chi connectivity index (χ1) is 9.04. The number of nitrogens with two attached hydrogens (primary N) is 1. The number of halogens is 1. The SMILES string of the molecule is COC1(C)CCCN(CC(N)c2ccccc2F)C1. The van der Waals surface area contributed by atoms with Crippen LogP contribution in [0.15, 0.2) is 24.3 Å². The van der Waals surface area contributed by atoms with Gasteiger partial charge in [-0.1, -0.05) is 18.2 Å². The molecule has 1 aliphatic heterocycles. The van der Waals surface area contributed by atoms with E-state index in [1.807, 2.05) is 6.07 Å². The number of ether oxygens (including phenoxy) is 1. The first kappa shape index (κ1) is 14.4. The smallest absolute Gasteiger partial charge is 0.128 e. The van der Waals surface area contributed by atoms with Crippen LogP contribution in [-0.2, 0) is 4.74 Å². The van der Waals surface area contributed by atoms with E-state index >= 15 is 0 Å². The number of rotatable bonds is 4. The van der Waals surface area contributed by atoms with Crippen LogP contribution in [0.2, 0.25) is 0 Å². The predicted molar refractivity (Wildman–Crippen MR) is 74.4 cm³/mol. The fourth-order valence-corrected chi connectivity index (χ4v) is 2.78. The summed E-state index contributed by atoms with van der Waals surface area (Å²) in [5.41, 5.74) is 6.62. The molecule has 0 amide bonds. The van der Waals surface area contributed by atoms with Gasteiger partial charge in [0.05, 0.1) is 5.60 Å². The summed E-state index contributed by atoms with van der Waals surface area (Å²) in [6.07, 6.45) is 2.16. The van der Waals surface area contributed by atoms with Crippen LogP contribution >= 0.6 is 0 Å². The number of likely N-dealkylation sites (tertiary alicyclic amines) is 1. The average Bonchev–Trinajstić information content (AvgIpc) is 2.39. The highest BCUT2D eigenvalue weighted by atomic mass is 19.1. The van der Waals surface area contributed by atoms with E-state index in [2.05, 4.69) is 11.8 Å². The van der Waals surface area contributed by atoms with E-state index in [1.165, 1.54) is 6.07 Å². The van der Waals surface area contributed by atoms with Gasteiger partial charge in [0.15, 0.2) is 0 Å². The maximum atomic E-state index is 13.7. The van der Waals surface area contributed by atoms with E-state index in [0.717, 1.165) is 25.9 Å². The average molecular weight is 266 g/mol. The van der Waals surface area contributed by atoms with Crippen molar-refractivity contribution in [1.82, 2.24) is 4.90 Å². The minimum atomic E-state index is -0.291. The van der Waals surface area contributed by atoms with Crippen LogP contribution in [0.5, 0.6) is 0 Å². The summed E-state index contributed by atoms with van der Waals surface area (Å²) in [5.74, 6) is -0.221. The van der Waals surface area contributed by atoms with Gasteiger partial charge in [-0.05, 0) is 32.4 Å². The number of nitrogens with zero attached hydrogens (tertiary/aromatic N) is 1. The maximum Gasteiger partial charge on any atom is 0.128 e. The van der Waals surface area contributed by atoms with Crippen molar-refractivity contribution >= 4 is 0 Å². The molecule has 1 aromatic carbocycles. The van der Waals surface area contributed by atoms with Gasteiger partial charge in [-0.2, -0.15) is 0 Å². The molecule has 4 heteroatoms. The van der Waals surface area contributed by atoms with Crippen LogP contribution in [-0.4, -0.2) is 37.2 Å². The van der Waals surface area contributed by atoms with E-state index in [9.17, 15) is 4.39 Å². The molecular formula is C15H23FN2O. The van der Waals surface area contributed by atoms with Crippen LogP contribution in [0.25, 0.3) is 0 Å². The van der Waals surface area contributed by atoms with Gasteiger partial charge in [-0.15, -0.1) is 0 Å². The minimum Gasteiger partial charge on any atom is -0.377 e. The lowest BCUT2D eigenvalue weighted by Crippen LogP contribution is -2.49. The Morgan fingerprint density at radius 2 is 2.21 bits per heavy atom. The highest BCUT2D eigenvalue weighted by Crippen LogP contribution is 2.25. The van der Waals surface area contributed by atoms with Gasteiger partial charge in [0, 0.05) is 31.8 Å². The molecule has 2 N–H and O–H groups in total. The molecule has 0 bridgehead atoms. The lowest BCUT2D eigenvalue weighted by Gasteiger charge is -2.40. The Balaban J connectivity index is 1.99. The van der Waals surface area contributed by atoms with Gasteiger partial charge in [0.2, 0.25) is 0 Å². The monoisotopic (exact) mass is 266 g/mol. The van der Waals surface area contributed by atoms with Crippen molar-refractivity contribution in [3.05, 3.63) is 35.6 Å². The van der Waals surface area contributed by atoms with Crippen molar-refractivity contribution < 1.29 is 9.13 Å². The van der Waals surface area contributed by atoms with Gasteiger partial charge >= 0.3 is 0 Å². The minimum absolute atomic E-state index is 0.104. The molecule has 106 valence electrons. The molecule has 19 heavy (non-hydrogen) atoms. The number of hydrogen-bond donors (Lipinski definition) is 1. The molecule has 1 aliphatic rings. The number of piperidine rings is 1. The van der Waals surface area contributed by atoms with Gasteiger partial charge in [0.25, 0.3) is 0 Å². The lowest BCUT2D eigenvalue weighted by molar-refractivity contribution is -0.0517. The van der Waals surface area contributed by atoms with E-state index in [4.69, 9.17) is 10.5 Å². The molecule has 2 unspecified atom stereocenters. The van der Waals surface area contributed by atoms with Crippen LogP contribution in [0.1, 0.15) is 31.4 Å². The van der Waals surface area contributed by atoms with Gasteiger partial charge in [-0.25, -0.2) is 4.39 Å². The van der Waals surface area contributed by atoms with E-state index < -0.39 is 0 Å². The molecule has 1 aromatic rings. The van der Waals surface area contributed by atoms with Gasteiger partial charge in [0.1, 0.15) is 5.82 Å².